The molecule has 3 aromatic rings. The average molecular weight is 463 g/mol. The van der Waals surface area contributed by atoms with E-state index in [0.29, 0.717) is 18.7 Å². The van der Waals surface area contributed by atoms with E-state index in [4.69, 9.17) is 4.74 Å². The number of carbonyl (C=O) groups is 1. The number of anilines is 1. The van der Waals surface area contributed by atoms with Crippen LogP contribution in [0.4, 0.5) is 5.69 Å². The van der Waals surface area contributed by atoms with E-state index in [0.717, 1.165) is 22.4 Å². The third kappa shape index (κ3) is 5.43. The number of rotatable bonds is 7. The van der Waals surface area contributed by atoms with Crippen LogP contribution in [-0.4, -0.2) is 33.7 Å². The van der Waals surface area contributed by atoms with Gasteiger partial charge >= 0.3 is 0 Å². The Morgan fingerprint density at radius 3 is 2.24 bits per heavy atom. The number of carbonyl (C=O) groups excluding carboxylic acids is 1. The zero-order valence-corrected chi connectivity index (χ0v) is 19.2. The van der Waals surface area contributed by atoms with E-state index in [1.165, 1.54) is 10.4 Å². The van der Waals surface area contributed by atoms with Crippen molar-refractivity contribution < 1.29 is 17.9 Å². The zero-order valence-electron chi connectivity index (χ0n) is 18.3. The fraction of sp³-hybridized carbons (Fsp3) is 0.192. The molecule has 1 unspecified atom stereocenters. The molecular weight excluding hydrogens is 436 g/mol. The highest BCUT2D eigenvalue weighted by molar-refractivity contribution is 7.93. The van der Waals surface area contributed by atoms with Crippen LogP contribution in [-0.2, 0) is 14.8 Å². The van der Waals surface area contributed by atoms with Crippen LogP contribution in [0.5, 0.6) is 5.75 Å². The highest BCUT2D eigenvalue weighted by Gasteiger charge is 2.28. The van der Waals surface area contributed by atoms with Crippen LogP contribution in [0.3, 0.4) is 0 Å². The number of hydrogen-bond donors (Lipinski definition) is 1. The largest absolute Gasteiger partial charge is 0.497 e. The van der Waals surface area contributed by atoms with Crippen molar-refractivity contribution in [1.82, 2.24) is 5.32 Å². The van der Waals surface area contributed by atoms with Crippen molar-refractivity contribution in [2.24, 2.45) is 0 Å². The molecule has 0 aromatic heterocycles. The van der Waals surface area contributed by atoms with Gasteiger partial charge in [0.2, 0.25) is 15.9 Å². The van der Waals surface area contributed by atoms with Crippen molar-refractivity contribution in [2.45, 2.75) is 12.5 Å². The summed E-state index contributed by atoms with van der Waals surface area (Å²) in [5.41, 5.74) is 3.38. The van der Waals surface area contributed by atoms with Crippen LogP contribution < -0.4 is 14.4 Å². The van der Waals surface area contributed by atoms with Gasteiger partial charge in [0.05, 0.1) is 24.6 Å². The molecule has 1 N–H and O–H groups in total. The maximum Gasteiger partial charge on any atom is 0.244 e. The van der Waals surface area contributed by atoms with Gasteiger partial charge in [0, 0.05) is 12.6 Å². The number of ether oxygens (including phenoxy) is 1. The van der Waals surface area contributed by atoms with Gasteiger partial charge in [-0.05, 0) is 53.5 Å². The minimum Gasteiger partial charge on any atom is -0.497 e. The van der Waals surface area contributed by atoms with E-state index in [2.05, 4.69) is 5.32 Å². The Kier molecular flexibility index (Phi) is 6.79. The Morgan fingerprint density at radius 2 is 1.64 bits per heavy atom. The van der Waals surface area contributed by atoms with Crippen molar-refractivity contribution >= 4 is 27.7 Å². The number of nitrogens with one attached hydrogen (secondary N) is 1. The molecular formula is C26H26N2O4S. The molecule has 0 bridgehead atoms. The van der Waals surface area contributed by atoms with Crippen LogP contribution in [0.25, 0.3) is 6.08 Å². The molecule has 0 spiro atoms. The van der Waals surface area contributed by atoms with Gasteiger partial charge < -0.3 is 10.1 Å². The SMILES string of the molecule is COc1ccc(C(NC(=O)/C=C/c2ccc(N3CCCS3(=O)=O)cc2)c2ccccc2)cc1. The van der Waals surface area contributed by atoms with E-state index >= 15 is 0 Å². The Bertz CT molecular complexity index is 1220. The van der Waals surface area contributed by atoms with E-state index in [-0.39, 0.29) is 17.7 Å². The lowest BCUT2D eigenvalue weighted by Crippen LogP contribution is -2.27. The molecule has 6 nitrogen and oxygen atoms in total. The van der Waals surface area contributed by atoms with Gasteiger partial charge in [0.1, 0.15) is 5.75 Å². The Balaban J connectivity index is 1.48. The van der Waals surface area contributed by atoms with Gasteiger partial charge in [0.15, 0.2) is 0 Å². The number of benzene rings is 3. The summed E-state index contributed by atoms with van der Waals surface area (Å²) in [6.07, 6.45) is 3.84. The van der Waals surface area contributed by atoms with Crippen molar-refractivity contribution in [3.05, 3.63) is 102 Å². The highest BCUT2D eigenvalue weighted by atomic mass is 32.2. The summed E-state index contributed by atoms with van der Waals surface area (Å²) in [5, 5.41) is 3.07. The van der Waals surface area contributed by atoms with Gasteiger partial charge in [-0.25, -0.2) is 8.42 Å². The normalized spacial score (nSPS) is 16.0. The number of methoxy groups -OCH3 is 1. The second-order valence-electron chi connectivity index (χ2n) is 7.79. The molecule has 7 heteroatoms. The predicted octanol–water partition coefficient (Wildman–Crippen LogP) is 4.15. The Labute approximate surface area is 194 Å². The van der Waals surface area contributed by atoms with Gasteiger partial charge in [-0.1, -0.05) is 54.6 Å². The summed E-state index contributed by atoms with van der Waals surface area (Å²) in [4.78, 5) is 12.7. The first-order valence-corrected chi connectivity index (χ1v) is 12.4. The van der Waals surface area contributed by atoms with E-state index in [9.17, 15) is 13.2 Å². The van der Waals surface area contributed by atoms with Crippen LogP contribution in [0.1, 0.15) is 29.2 Å². The highest BCUT2D eigenvalue weighted by Crippen LogP contribution is 2.25. The van der Waals surface area contributed by atoms with Crippen molar-refractivity contribution in [1.29, 1.82) is 0 Å². The van der Waals surface area contributed by atoms with Crippen molar-refractivity contribution in [2.75, 3.05) is 23.7 Å². The third-order valence-corrected chi connectivity index (χ3v) is 7.45. The fourth-order valence-electron chi connectivity index (χ4n) is 3.84. The first-order chi connectivity index (χ1) is 16.0. The van der Waals surface area contributed by atoms with Crippen LogP contribution in [0, 0.1) is 0 Å². The zero-order chi connectivity index (χ0) is 23.3. The van der Waals surface area contributed by atoms with Crippen LogP contribution in [0.2, 0.25) is 0 Å². The van der Waals surface area contributed by atoms with Crippen LogP contribution in [0.15, 0.2) is 84.9 Å². The van der Waals surface area contributed by atoms with Crippen molar-refractivity contribution in [3.63, 3.8) is 0 Å². The molecule has 0 radical (unpaired) electrons. The molecule has 0 aliphatic carbocycles. The Morgan fingerprint density at radius 1 is 0.970 bits per heavy atom. The summed E-state index contributed by atoms with van der Waals surface area (Å²) in [5.74, 6) is 0.707. The second kappa shape index (κ2) is 9.92. The third-order valence-electron chi connectivity index (χ3n) is 5.58. The lowest BCUT2D eigenvalue weighted by molar-refractivity contribution is -0.116. The lowest BCUT2D eigenvalue weighted by atomic mass is 9.98. The number of nitrogens with zero attached hydrogens (tertiary/aromatic N) is 1. The van der Waals surface area contributed by atoms with Gasteiger partial charge in [-0.3, -0.25) is 9.10 Å². The molecule has 170 valence electrons. The van der Waals surface area contributed by atoms with E-state index < -0.39 is 10.0 Å². The predicted molar refractivity (Wildman–Crippen MR) is 131 cm³/mol. The number of hydrogen-bond acceptors (Lipinski definition) is 4. The monoisotopic (exact) mass is 462 g/mol. The molecule has 3 aromatic carbocycles. The summed E-state index contributed by atoms with van der Waals surface area (Å²) >= 11 is 0. The summed E-state index contributed by atoms with van der Waals surface area (Å²) < 4.78 is 30.9. The summed E-state index contributed by atoms with van der Waals surface area (Å²) in [7, 11) is -1.59. The quantitative estimate of drug-likeness (QED) is 0.535. The summed E-state index contributed by atoms with van der Waals surface area (Å²) in [6.45, 7) is 0.506. The first-order valence-electron chi connectivity index (χ1n) is 10.7. The smallest absolute Gasteiger partial charge is 0.244 e. The standard InChI is InChI=1S/C26H26N2O4S/c1-32-24-15-11-22(12-16-24)26(21-6-3-2-4-7-21)27-25(29)17-10-20-8-13-23(14-9-20)28-18-5-19-33(28,30)31/h2-4,6-17,26H,5,18-19H2,1H3,(H,27,29)/b17-10+. The van der Waals surface area contributed by atoms with E-state index in [1.807, 2.05) is 66.7 Å². The molecule has 1 aliphatic heterocycles. The molecule has 1 atom stereocenters. The molecule has 4 rings (SSSR count). The van der Waals surface area contributed by atoms with Gasteiger partial charge in [-0.2, -0.15) is 0 Å². The van der Waals surface area contributed by atoms with Gasteiger partial charge in [0.25, 0.3) is 0 Å². The summed E-state index contributed by atoms with van der Waals surface area (Å²) in [6, 6.07) is 24.2. The topological polar surface area (TPSA) is 75.7 Å². The van der Waals surface area contributed by atoms with Gasteiger partial charge in [-0.15, -0.1) is 0 Å². The maximum absolute atomic E-state index is 12.7. The lowest BCUT2D eigenvalue weighted by Gasteiger charge is -2.19. The molecule has 1 aliphatic rings. The molecule has 0 saturated carbocycles. The molecule has 1 heterocycles. The van der Waals surface area contributed by atoms with E-state index in [1.54, 1.807) is 25.3 Å². The van der Waals surface area contributed by atoms with Crippen molar-refractivity contribution in [3.8, 4) is 5.75 Å². The fourth-order valence-corrected chi connectivity index (χ4v) is 5.41. The minimum absolute atomic E-state index is 0.186. The minimum atomic E-state index is -3.21. The van der Waals surface area contributed by atoms with Crippen LogP contribution >= 0.6 is 0 Å². The molecule has 1 saturated heterocycles. The molecule has 33 heavy (non-hydrogen) atoms. The first kappa shape index (κ1) is 22.6. The average Bonchev–Trinajstić information content (AvgIpc) is 3.21. The number of amides is 1. The molecule has 1 amide bonds. The molecule has 1 fully saturated rings. The maximum atomic E-state index is 12.7. The Hall–Kier alpha value is -3.58. The second-order valence-corrected chi connectivity index (χ2v) is 9.80. The number of sulfonamides is 1.